The van der Waals surface area contributed by atoms with Crippen LogP contribution in [0, 0.1) is 5.82 Å². The van der Waals surface area contributed by atoms with Gasteiger partial charge in [0.05, 0.1) is 12.3 Å². The Morgan fingerprint density at radius 1 is 1.42 bits per heavy atom. The first-order chi connectivity index (χ1) is 8.82. The number of nitrogens with two attached hydrogens (primary N) is 1. The van der Waals surface area contributed by atoms with Gasteiger partial charge >= 0.3 is 0 Å². The van der Waals surface area contributed by atoms with Crippen molar-refractivity contribution in [3.8, 4) is 0 Å². The zero-order chi connectivity index (χ0) is 14.6. The number of methoxy groups -OCH3 is 1. The molecule has 0 aliphatic rings. The Kier molecular flexibility index (Phi) is 5.28. The maximum atomic E-state index is 13.4. The van der Waals surface area contributed by atoms with Crippen molar-refractivity contribution in [3.63, 3.8) is 0 Å². The molecule has 0 aromatic heterocycles. The van der Waals surface area contributed by atoms with Gasteiger partial charge in [0.1, 0.15) is 10.7 Å². The molecule has 0 spiro atoms. The zero-order valence-electron chi connectivity index (χ0n) is 11.3. The third-order valence-electron chi connectivity index (χ3n) is 2.69. The van der Waals surface area contributed by atoms with Crippen molar-refractivity contribution >= 4 is 15.7 Å². The Bertz CT molecular complexity index is 532. The van der Waals surface area contributed by atoms with Crippen molar-refractivity contribution in [3.05, 3.63) is 24.0 Å². The van der Waals surface area contributed by atoms with Crippen LogP contribution >= 0.6 is 0 Å². The third-order valence-corrected chi connectivity index (χ3v) is 4.82. The van der Waals surface area contributed by atoms with Crippen molar-refractivity contribution in [1.82, 2.24) is 4.31 Å². The number of hydrogen-bond acceptors (Lipinski definition) is 4. The number of nitrogen functional groups attached to an aromatic ring is 1. The summed E-state index contributed by atoms with van der Waals surface area (Å²) in [6.07, 6.45) is 0. The van der Waals surface area contributed by atoms with E-state index in [0.717, 1.165) is 6.07 Å². The van der Waals surface area contributed by atoms with Gasteiger partial charge in [-0.2, -0.15) is 4.31 Å². The van der Waals surface area contributed by atoms with Crippen molar-refractivity contribution in [1.29, 1.82) is 0 Å². The van der Waals surface area contributed by atoms with E-state index in [2.05, 4.69) is 0 Å². The minimum atomic E-state index is -3.84. The summed E-state index contributed by atoms with van der Waals surface area (Å²) in [5, 5.41) is 0. The zero-order valence-corrected chi connectivity index (χ0v) is 12.1. The molecular weight excluding hydrogens is 271 g/mol. The van der Waals surface area contributed by atoms with E-state index < -0.39 is 15.8 Å². The second kappa shape index (κ2) is 6.31. The van der Waals surface area contributed by atoms with Gasteiger partial charge in [0.25, 0.3) is 0 Å². The van der Waals surface area contributed by atoms with Gasteiger partial charge in [0.15, 0.2) is 0 Å². The molecule has 1 aromatic rings. The van der Waals surface area contributed by atoms with E-state index in [1.165, 1.54) is 23.5 Å². The molecule has 5 nitrogen and oxygen atoms in total. The number of ether oxygens (including phenoxy) is 1. The molecule has 0 heterocycles. The van der Waals surface area contributed by atoms with Gasteiger partial charge in [0, 0.05) is 19.7 Å². The fourth-order valence-corrected chi connectivity index (χ4v) is 3.45. The minimum absolute atomic E-state index is 0.187. The Morgan fingerprint density at radius 2 is 2.05 bits per heavy atom. The fourth-order valence-electron chi connectivity index (χ4n) is 1.71. The molecular formula is C12H19FN2O3S. The van der Waals surface area contributed by atoms with Crippen LogP contribution in [-0.4, -0.2) is 39.0 Å². The van der Waals surface area contributed by atoms with E-state index in [-0.39, 0.29) is 29.8 Å². The number of benzene rings is 1. The smallest absolute Gasteiger partial charge is 0.245 e. The molecule has 0 unspecified atom stereocenters. The maximum Gasteiger partial charge on any atom is 0.245 e. The molecule has 1 aromatic carbocycles. The van der Waals surface area contributed by atoms with Crippen LogP contribution in [0.25, 0.3) is 0 Å². The SMILES string of the molecule is COCCN(C(C)C)S(=O)(=O)c1cccc(F)c1N. The molecule has 2 N–H and O–H groups in total. The first-order valence-electron chi connectivity index (χ1n) is 5.87. The summed E-state index contributed by atoms with van der Waals surface area (Å²) in [5.41, 5.74) is 5.17. The van der Waals surface area contributed by atoms with Gasteiger partial charge in [-0.15, -0.1) is 0 Å². The number of sulfonamides is 1. The fraction of sp³-hybridized carbons (Fsp3) is 0.500. The normalized spacial score (nSPS) is 12.3. The van der Waals surface area contributed by atoms with E-state index in [1.54, 1.807) is 13.8 Å². The number of halogens is 1. The summed E-state index contributed by atoms with van der Waals surface area (Å²) in [5.74, 6) is -0.739. The van der Waals surface area contributed by atoms with Crippen molar-refractivity contribution in [2.45, 2.75) is 24.8 Å². The molecule has 0 bridgehead atoms. The van der Waals surface area contributed by atoms with Crippen LogP contribution < -0.4 is 5.73 Å². The molecule has 19 heavy (non-hydrogen) atoms. The summed E-state index contributed by atoms with van der Waals surface area (Å²) >= 11 is 0. The number of rotatable bonds is 6. The monoisotopic (exact) mass is 290 g/mol. The third kappa shape index (κ3) is 3.43. The molecule has 0 aliphatic carbocycles. The molecule has 0 amide bonds. The quantitative estimate of drug-likeness (QED) is 0.805. The van der Waals surface area contributed by atoms with Crippen LogP contribution in [0.4, 0.5) is 10.1 Å². The number of nitrogens with zero attached hydrogens (tertiary/aromatic N) is 1. The Hall–Kier alpha value is -1.18. The molecule has 0 aliphatic heterocycles. The van der Waals surface area contributed by atoms with Crippen LogP contribution in [0.5, 0.6) is 0 Å². The molecule has 1 rings (SSSR count). The van der Waals surface area contributed by atoms with Gasteiger partial charge in [-0.25, -0.2) is 12.8 Å². The lowest BCUT2D eigenvalue weighted by molar-refractivity contribution is 0.171. The Labute approximate surface area is 113 Å². The lowest BCUT2D eigenvalue weighted by Gasteiger charge is -2.26. The summed E-state index contributed by atoms with van der Waals surface area (Å²) in [6.45, 7) is 3.92. The van der Waals surface area contributed by atoms with Crippen LogP contribution in [0.1, 0.15) is 13.8 Å². The van der Waals surface area contributed by atoms with E-state index in [0.29, 0.717) is 0 Å². The second-order valence-electron chi connectivity index (χ2n) is 4.35. The molecule has 108 valence electrons. The Balaban J connectivity index is 3.23. The van der Waals surface area contributed by atoms with Crippen LogP contribution in [0.3, 0.4) is 0 Å². The van der Waals surface area contributed by atoms with Crippen LogP contribution in [0.15, 0.2) is 23.1 Å². The van der Waals surface area contributed by atoms with E-state index in [9.17, 15) is 12.8 Å². The first kappa shape index (κ1) is 15.9. The highest BCUT2D eigenvalue weighted by atomic mass is 32.2. The number of para-hydroxylation sites is 1. The number of hydrogen-bond donors (Lipinski definition) is 1. The maximum absolute atomic E-state index is 13.4. The van der Waals surface area contributed by atoms with E-state index in [1.807, 2.05) is 0 Å². The summed E-state index contributed by atoms with van der Waals surface area (Å²) in [6, 6.07) is 3.48. The van der Waals surface area contributed by atoms with Crippen molar-refractivity contribution in [2.24, 2.45) is 0 Å². The van der Waals surface area contributed by atoms with Gasteiger partial charge in [-0.1, -0.05) is 6.07 Å². The predicted octanol–water partition coefficient (Wildman–Crippen LogP) is 1.45. The van der Waals surface area contributed by atoms with E-state index in [4.69, 9.17) is 10.5 Å². The molecule has 0 saturated heterocycles. The minimum Gasteiger partial charge on any atom is -0.395 e. The van der Waals surface area contributed by atoms with E-state index >= 15 is 0 Å². The second-order valence-corrected chi connectivity index (χ2v) is 6.21. The highest BCUT2D eigenvalue weighted by Gasteiger charge is 2.29. The molecule has 0 atom stereocenters. The Morgan fingerprint density at radius 3 is 2.58 bits per heavy atom. The highest BCUT2D eigenvalue weighted by molar-refractivity contribution is 7.89. The molecule has 0 fully saturated rings. The number of anilines is 1. The van der Waals surface area contributed by atoms with Crippen molar-refractivity contribution in [2.75, 3.05) is 26.0 Å². The average Bonchev–Trinajstić information content (AvgIpc) is 2.32. The lowest BCUT2D eigenvalue weighted by atomic mass is 10.3. The topological polar surface area (TPSA) is 72.6 Å². The standard InChI is InChI=1S/C12H19FN2O3S/c1-9(2)15(7-8-18-3)19(16,17)11-6-4-5-10(13)12(11)14/h4-6,9H,7-8,14H2,1-3H3. The van der Waals surface area contributed by atoms with Gasteiger partial charge in [-0.05, 0) is 26.0 Å². The van der Waals surface area contributed by atoms with Gasteiger partial charge in [-0.3, -0.25) is 0 Å². The van der Waals surface area contributed by atoms with Gasteiger partial charge in [0.2, 0.25) is 10.0 Å². The first-order valence-corrected chi connectivity index (χ1v) is 7.31. The van der Waals surface area contributed by atoms with Crippen LogP contribution in [0.2, 0.25) is 0 Å². The molecule has 0 saturated carbocycles. The molecule has 0 radical (unpaired) electrons. The predicted molar refractivity (Wildman–Crippen MR) is 71.7 cm³/mol. The summed E-state index contributed by atoms with van der Waals surface area (Å²) in [7, 11) is -2.35. The highest BCUT2D eigenvalue weighted by Crippen LogP contribution is 2.25. The molecule has 7 heteroatoms. The summed E-state index contributed by atoms with van der Waals surface area (Å²) < 4.78 is 44.5. The van der Waals surface area contributed by atoms with Crippen molar-refractivity contribution < 1.29 is 17.5 Å². The van der Waals surface area contributed by atoms with Gasteiger partial charge < -0.3 is 10.5 Å². The lowest BCUT2D eigenvalue weighted by Crippen LogP contribution is -2.39. The largest absolute Gasteiger partial charge is 0.395 e. The summed E-state index contributed by atoms with van der Waals surface area (Å²) in [4.78, 5) is -0.211. The average molecular weight is 290 g/mol. The van der Waals surface area contributed by atoms with Crippen LogP contribution in [-0.2, 0) is 14.8 Å².